The molecule has 0 aromatic heterocycles. The van der Waals surface area contributed by atoms with Crippen LogP contribution in [0.25, 0.3) is 0 Å². The minimum atomic E-state index is -1.09. The summed E-state index contributed by atoms with van der Waals surface area (Å²) in [6, 6.07) is 0. The number of carboxylic acids is 1. The molecule has 0 bridgehead atoms. The average molecular weight is 205 g/mol. The lowest BCUT2D eigenvalue weighted by molar-refractivity contribution is -0.139. The lowest BCUT2D eigenvalue weighted by atomic mass is 10.1. The second kappa shape index (κ2) is 5.56. The first-order valence-electron chi connectivity index (χ1n) is 4.18. The largest absolute Gasteiger partial charge is 0.481 e. The fourth-order valence-electron chi connectivity index (χ4n) is 0.749. The second-order valence-electron chi connectivity index (χ2n) is 3.32. The molecular formula is C8H15NO5. The van der Waals surface area contributed by atoms with E-state index in [4.69, 9.17) is 15.3 Å². The Balaban J connectivity index is 3.97. The molecule has 0 aliphatic carbocycles. The first-order valence-corrected chi connectivity index (χ1v) is 4.18. The van der Waals surface area contributed by atoms with Gasteiger partial charge >= 0.3 is 5.97 Å². The highest BCUT2D eigenvalue weighted by Crippen LogP contribution is 2.01. The van der Waals surface area contributed by atoms with Gasteiger partial charge in [0.25, 0.3) is 0 Å². The molecule has 0 spiro atoms. The molecule has 0 aromatic carbocycles. The predicted octanol–water partition coefficient (Wildman–Crippen LogP) is -1.29. The zero-order valence-corrected chi connectivity index (χ0v) is 7.99. The van der Waals surface area contributed by atoms with Gasteiger partial charge in [-0.3, -0.25) is 9.59 Å². The number of hydrogen-bond donors (Lipinski definition) is 4. The van der Waals surface area contributed by atoms with Gasteiger partial charge in [-0.05, 0) is 6.92 Å². The Kier molecular flexibility index (Phi) is 5.11. The molecule has 0 heterocycles. The topological polar surface area (TPSA) is 107 Å². The molecular weight excluding hydrogens is 190 g/mol. The number of aliphatic hydroxyl groups is 2. The lowest BCUT2D eigenvalue weighted by Gasteiger charge is -2.25. The molecule has 82 valence electrons. The van der Waals surface area contributed by atoms with Gasteiger partial charge in [0.15, 0.2) is 0 Å². The third-order valence-electron chi connectivity index (χ3n) is 1.71. The molecule has 0 aromatic rings. The van der Waals surface area contributed by atoms with Crippen molar-refractivity contribution in [2.75, 3.05) is 13.2 Å². The number of amides is 1. The Morgan fingerprint density at radius 3 is 2.07 bits per heavy atom. The highest BCUT2D eigenvalue weighted by Gasteiger charge is 2.24. The molecule has 6 heteroatoms. The molecule has 0 atom stereocenters. The van der Waals surface area contributed by atoms with Gasteiger partial charge in [0.1, 0.15) is 0 Å². The van der Waals surface area contributed by atoms with Gasteiger partial charge < -0.3 is 20.6 Å². The van der Waals surface area contributed by atoms with Gasteiger partial charge in [0, 0.05) is 6.42 Å². The highest BCUT2D eigenvalue weighted by molar-refractivity contribution is 5.81. The second-order valence-corrected chi connectivity index (χ2v) is 3.32. The van der Waals surface area contributed by atoms with Crippen LogP contribution in [0.5, 0.6) is 0 Å². The van der Waals surface area contributed by atoms with Crippen LogP contribution >= 0.6 is 0 Å². The normalized spacial score (nSPS) is 11.1. The Hall–Kier alpha value is -1.14. The monoisotopic (exact) mass is 205 g/mol. The summed E-state index contributed by atoms with van der Waals surface area (Å²) in [4.78, 5) is 21.2. The van der Waals surface area contributed by atoms with Crippen molar-refractivity contribution in [3.05, 3.63) is 0 Å². The van der Waals surface area contributed by atoms with Crippen molar-refractivity contribution in [2.24, 2.45) is 0 Å². The first kappa shape index (κ1) is 12.9. The van der Waals surface area contributed by atoms with Crippen molar-refractivity contribution in [2.45, 2.75) is 25.3 Å². The van der Waals surface area contributed by atoms with E-state index in [2.05, 4.69) is 5.32 Å². The molecule has 0 unspecified atom stereocenters. The maximum Gasteiger partial charge on any atom is 0.303 e. The van der Waals surface area contributed by atoms with Gasteiger partial charge in [0.05, 0.1) is 25.2 Å². The molecule has 0 radical (unpaired) electrons. The van der Waals surface area contributed by atoms with Crippen molar-refractivity contribution in [3.63, 3.8) is 0 Å². The Labute approximate surface area is 81.5 Å². The van der Waals surface area contributed by atoms with Crippen LogP contribution in [0.1, 0.15) is 19.8 Å². The molecule has 0 fully saturated rings. The quantitative estimate of drug-likeness (QED) is 0.431. The molecule has 4 N–H and O–H groups in total. The summed E-state index contributed by atoms with van der Waals surface area (Å²) in [5.74, 6) is -1.56. The van der Waals surface area contributed by atoms with Crippen molar-refractivity contribution in [1.82, 2.24) is 5.32 Å². The van der Waals surface area contributed by atoms with E-state index in [9.17, 15) is 9.59 Å². The Morgan fingerprint density at radius 1 is 1.21 bits per heavy atom. The van der Waals surface area contributed by atoms with Crippen molar-refractivity contribution in [1.29, 1.82) is 0 Å². The molecule has 6 nitrogen and oxygen atoms in total. The number of nitrogens with one attached hydrogen (secondary N) is 1. The van der Waals surface area contributed by atoms with Crippen LogP contribution in [-0.4, -0.2) is 45.9 Å². The molecule has 0 aliphatic heterocycles. The summed E-state index contributed by atoms with van der Waals surface area (Å²) in [6.45, 7) is 0.663. The number of carbonyl (C=O) groups excluding carboxylic acids is 1. The van der Waals surface area contributed by atoms with Crippen molar-refractivity contribution < 1.29 is 24.9 Å². The Bertz CT molecular complexity index is 212. The number of hydrogen-bond acceptors (Lipinski definition) is 4. The van der Waals surface area contributed by atoms with E-state index in [1.54, 1.807) is 0 Å². The van der Waals surface area contributed by atoms with Crippen LogP contribution in [0.3, 0.4) is 0 Å². The van der Waals surface area contributed by atoms with Crippen LogP contribution < -0.4 is 5.32 Å². The summed E-state index contributed by atoms with van der Waals surface area (Å²) < 4.78 is 0. The zero-order chi connectivity index (χ0) is 11.2. The van der Waals surface area contributed by atoms with Gasteiger partial charge in [-0.25, -0.2) is 0 Å². The molecule has 0 aliphatic rings. The number of aliphatic carboxylic acids is 1. The third kappa shape index (κ3) is 4.78. The van der Waals surface area contributed by atoms with Gasteiger partial charge in [-0.1, -0.05) is 0 Å². The van der Waals surface area contributed by atoms with Crippen LogP contribution in [0.15, 0.2) is 0 Å². The summed E-state index contributed by atoms with van der Waals surface area (Å²) in [5, 5.41) is 28.3. The molecule has 0 saturated carbocycles. The molecule has 1 amide bonds. The lowest BCUT2D eigenvalue weighted by Crippen LogP contribution is -2.51. The Morgan fingerprint density at radius 2 is 1.71 bits per heavy atom. The number of rotatable bonds is 6. The van der Waals surface area contributed by atoms with Gasteiger partial charge in [-0.2, -0.15) is 0 Å². The summed E-state index contributed by atoms with van der Waals surface area (Å²) >= 11 is 0. The SMILES string of the molecule is CC(CO)(CO)NC(=O)CCC(=O)O. The molecule has 14 heavy (non-hydrogen) atoms. The van der Waals surface area contributed by atoms with E-state index in [0.717, 1.165) is 0 Å². The van der Waals surface area contributed by atoms with E-state index in [1.165, 1.54) is 6.92 Å². The van der Waals surface area contributed by atoms with Crippen molar-refractivity contribution in [3.8, 4) is 0 Å². The third-order valence-corrected chi connectivity index (χ3v) is 1.71. The van der Waals surface area contributed by atoms with Crippen LogP contribution in [0, 0.1) is 0 Å². The van der Waals surface area contributed by atoms with E-state index in [0.29, 0.717) is 0 Å². The maximum absolute atomic E-state index is 11.1. The number of aliphatic hydroxyl groups excluding tert-OH is 2. The number of carbonyl (C=O) groups is 2. The van der Waals surface area contributed by atoms with E-state index in [-0.39, 0.29) is 12.8 Å². The zero-order valence-electron chi connectivity index (χ0n) is 7.99. The minimum absolute atomic E-state index is 0.162. The van der Waals surface area contributed by atoms with E-state index < -0.39 is 30.6 Å². The van der Waals surface area contributed by atoms with Crippen LogP contribution in [-0.2, 0) is 9.59 Å². The van der Waals surface area contributed by atoms with Crippen LogP contribution in [0.2, 0.25) is 0 Å². The van der Waals surface area contributed by atoms with E-state index in [1.807, 2.05) is 0 Å². The predicted molar refractivity (Wildman–Crippen MR) is 47.6 cm³/mol. The summed E-state index contributed by atoms with van der Waals surface area (Å²) in [7, 11) is 0. The van der Waals surface area contributed by atoms with Gasteiger partial charge in [0.2, 0.25) is 5.91 Å². The fourth-order valence-corrected chi connectivity index (χ4v) is 0.749. The average Bonchev–Trinajstić information content (AvgIpc) is 2.14. The standard InChI is InChI=1S/C8H15NO5/c1-8(4-10,5-11)9-6(12)2-3-7(13)14/h10-11H,2-5H2,1H3,(H,9,12)(H,13,14). The van der Waals surface area contributed by atoms with E-state index >= 15 is 0 Å². The number of carboxylic acid groups (broad SMARTS) is 1. The fraction of sp³-hybridized carbons (Fsp3) is 0.750. The first-order chi connectivity index (χ1) is 6.43. The van der Waals surface area contributed by atoms with Gasteiger partial charge in [-0.15, -0.1) is 0 Å². The summed E-state index contributed by atoms with van der Waals surface area (Å²) in [5.41, 5.74) is -1.09. The summed E-state index contributed by atoms with van der Waals surface area (Å²) in [6.07, 6.45) is -0.427. The molecule has 0 saturated heterocycles. The maximum atomic E-state index is 11.1. The van der Waals surface area contributed by atoms with Crippen LogP contribution in [0.4, 0.5) is 0 Å². The highest BCUT2D eigenvalue weighted by atomic mass is 16.4. The minimum Gasteiger partial charge on any atom is -0.481 e. The smallest absolute Gasteiger partial charge is 0.303 e. The molecule has 0 rings (SSSR count). The van der Waals surface area contributed by atoms with Crippen molar-refractivity contribution >= 4 is 11.9 Å².